The topological polar surface area (TPSA) is 50.5 Å². The van der Waals surface area contributed by atoms with E-state index in [4.69, 9.17) is 4.74 Å². The van der Waals surface area contributed by atoms with Crippen molar-refractivity contribution in [3.8, 4) is 5.75 Å². The minimum atomic E-state index is -0.726. The average molecular weight is 381 g/mol. The van der Waals surface area contributed by atoms with E-state index < -0.39 is 6.10 Å². The number of aliphatic hydroxyl groups excluding tert-OH is 1. The molecule has 28 heavy (non-hydrogen) atoms. The highest BCUT2D eigenvalue weighted by Crippen LogP contribution is 2.25. The molecule has 3 aromatic rings. The van der Waals surface area contributed by atoms with Gasteiger partial charge in [-0.15, -0.1) is 0 Å². The van der Waals surface area contributed by atoms with Crippen molar-refractivity contribution in [1.29, 1.82) is 0 Å². The molecule has 1 aromatic heterocycles. The van der Waals surface area contributed by atoms with Gasteiger partial charge in [-0.3, -0.25) is 9.58 Å². The molecule has 0 bridgehead atoms. The fourth-order valence-electron chi connectivity index (χ4n) is 3.69. The zero-order valence-corrected chi connectivity index (χ0v) is 15.9. The second kappa shape index (κ2) is 8.12. The second-order valence-corrected chi connectivity index (χ2v) is 7.13. The van der Waals surface area contributed by atoms with Crippen molar-refractivity contribution >= 4 is 0 Å². The monoisotopic (exact) mass is 381 g/mol. The van der Waals surface area contributed by atoms with Crippen LogP contribution in [0.3, 0.4) is 0 Å². The number of benzene rings is 2. The first kappa shape index (κ1) is 18.7. The molecular formula is C22H24FN3O2. The summed E-state index contributed by atoms with van der Waals surface area (Å²) >= 11 is 0. The first-order valence-corrected chi connectivity index (χ1v) is 9.48. The number of hydrogen-bond acceptors (Lipinski definition) is 4. The van der Waals surface area contributed by atoms with Crippen LogP contribution in [0.15, 0.2) is 54.6 Å². The van der Waals surface area contributed by atoms with E-state index in [2.05, 4.69) is 10.00 Å². The molecule has 146 valence electrons. The Morgan fingerprint density at radius 2 is 1.96 bits per heavy atom. The zero-order chi connectivity index (χ0) is 19.5. The molecule has 1 N–H and O–H groups in total. The molecule has 4 rings (SSSR count). The summed E-state index contributed by atoms with van der Waals surface area (Å²) in [6, 6.07) is 16.6. The predicted octanol–water partition coefficient (Wildman–Crippen LogP) is 3.52. The highest BCUT2D eigenvalue weighted by molar-refractivity contribution is 5.30. The number of aryl methyl sites for hydroxylation is 1. The highest BCUT2D eigenvalue weighted by Gasteiger charge is 2.21. The van der Waals surface area contributed by atoms with Crippen LogP contribution in [-0.4, -0.2) is 33.4 Å². The summed E-state index contributed by atoms with van der Waals surface area (Å²) in [5.41, 5.74) is 3.60. The molecule has 2 aromatic carbocycles. The number of fused-ring (bicyclic) bond motifs is 1. The van der Waals surface area contributed by atoms with Gasteiger partial charge in [0.15, 0.2) is 11.6 Å². The number of aromatic nitrogens is 2. The van der Waals surface area contributed by atoms with Crippen molar-refractivity contribution in [3.05, 3.63) is 82.9 Å². The minimum absolute atomic E-state index is 0.269. The molecule has 1 aliphatic rings. The van der Waals surface area contributed by atoms with Crippen LogP contribution in [0, 0.1) is 5.82 Å². The summed E-state index contributed by atoms with van der Waals surface area (Å²) in [6.07, 6.45) is 0.240. The quantitative estimate of drug-likeness (QED) is 0.735. The third kappa shape index (κ3) is 3.93. The van der Waals surface area contributed by atoms with E-state index in [1.807, 2.05) is 41.1 Å². The third-order valence-electron chi connectivity index (χ3n) is 5.13. The number of methoxy groups -OCH3 is 1. The molecule has 0 aliphatic carbocycles. The molecular weight excluding hydrogens is 357 g/mol. The lowest BCUT2D eigenvalue weighted by Crippen LogP contribution is -2.22. The molecule has 0 spiro atoms. The van der Waals surface area contributed by atoms with Crippen molar-refractivity contribution in [1.82, 2.24) is 14.7 Å². The Morgan fingerprint density at radius 3 is 2.75 bits per heavy atom. The molecule has 0 unspecified atom stereocenters. The van der Waals surface area contributed by atoms with Crippen LogP contribution in [0.1, 0.15) is 35.0 Å². The fourth-order valence-corrected chi connectivity index (χ4v) is 3.69. The van der Waals surface area contributed by atoms with Crippen LogP contribution in [0.25, 0.3) is 0 Å². The van der Waals surface area contributed by atoms with Gasteiger partial charge in [-0.25, -0.2) is 4.39 Å². The first-order chi connectivity index (χ1) is 13.6. The van der Waals surface area contributed by atoms with Crippen LogP contribution in [0.2, 0.25) is 0 Å². The number of ether oxygens (including phenoxy) is 1. The molecule has 0 saturated carbocycles. The summed E-state index contributed by atoms with van der Waals surface area (Å²) in [7, 11) is 1.48. The van der Waals surface area contributed by atoms with E-state index in [0.717, 1.165) is 42.9 Å². The Bertz CT molecular complexity index is 942. The van der Waals surface area contributed by atoms with Gasteiger partial charge in [0, 0.05) is 26.2 Å². The SMILES string of the molecule is COc1cc(CN2CCCn3nc([C@H](O)c4ccccc4)cc3C2)ccc1F. The Hall–Kier alpha value is -2.70. The summed E-state index contributed by atoms with van der Waals surface area (Å²) < 4.78 is 20.7. The number of aliphatic hydroxyl groups is 1. The zero-order valence-electron chi connectivity index (χ0n) is 15.9. The molecule has 0 saturated heterocycles. The smallest absolute Gasteiger partial charge is 0.165 e. The maximum absolute atomic E-state index is 13.7. The lowest BCUT2D eigenvalue weighted by Gasteiger charge is -2.20. The molecule has 1 aliphatic heterocycles. The number of hydrogen-bond donors (Lipinski definition) is 1. The van der Waals surface area contributed by atoms with Crippen molar-refractivity contribution in [3.63, 3.8) is 0 Å². The summed E-state index contributed by atoms with van der Waals surface area (Å²) in [5, 5.41) is 15.3. The second-order valence-electron chi connectivity index (χ2n) is 7.13. The first-order valence-electron chi connectivity index (χ1n) is 9.48. The number of halogens is 1. The Labute approximate surface area is 164 Å². The summed E-state index contributed by atoms with van der Waals surface area (Å²) in [6.45, 7) is 3.19. The minimum Gasteiger partial charge on any atom is -0.494 e. The van der Waals surface area contributed by atoms with Crippen molar-refractivity contribution in [2.24, 2.45) is 0 Å². The van der Waals surface area contributed by atoms with Gasteiger partial charge in [0.2, 0.25) is 0 Å². The van der Waals surface area contributed by atoms with Gasteiger partial charge >= 0.3 is 0 Å². The van der Waals surface area contributed by atoms with Gasteiger partial charge in [-0.05, 0) is 35.7 Å². The van der Waals surface area contributed by atoms with Gasteiger partial charge in [0.05, 0.1) is 18.5 Å². The normalized spacial score (nSPS) is 15.7. The molecule has 0 fully saturated rings. The molecule has 1 atom stereocenters. The molecule has 0 amide bonds. The Morgan fingerprint density at radius 1 is 1.14 bits per heavy atom. The van der Waals surface area contributed by atoms with Crippen LogP contribution < -0.4 is 4.74 Å². The van der Waals surface area contributed by atoms with E-state index in [1.54, 1.807) is 12.1 Å². The van der Waals surface area contributed by atoms with Gasteiger partial charge in [-0.2, -0.15) is 5.10 Å². The van der Waals surface area contributed by atoms with Crippen LogP contribution in [0.4, 0.5) is 4.39 Å². The van der Waals surface area contributed by atoms with Gasteiger partial charge < -0.3 is 9.84 Å². The van der Waals surface area contributed by atoms with Gasteiger partial charge in [-0.1, -0.05) is 36.4 Å². The van der Waals surface area contributed by atoms with E-state index >= 15 is 0 Å². The summed E-state index contributed by atoms with van der Waals surface area (Å²) in [4.78, 5) is 2.31. The molecule has 5 nitrogen and oxygen atoms in total. The van der Waals surface area contributed by atoms with Crippen molar-refractivity contribution < 1.29 is 14.2 Å². The molecule has 2 heterocycles. The summed E-state index contributed by atoms with van der Waals surface area (Å²) in [5.74, 6) is -0.0784. The van der Waals surface area contributed by atoms with Crippen molar-refractivity contribution in [2.45, 2.75) is 32.2 Å². The Kier molecular flexibility index (Phi) is 5.41. The van der Waals surface area contributed by atoms with Gasteiger partial charge in [0.25, 0.3) is 0 Å². The maximum Gasteiger partial charge on any atom is 0.165 e. The lowest BCUT2D eigenvalue weighted by molar-refractivity contribution is 0.213. The van der Waals surface area contributed by atoms with Crippen LogP contribution in [0.5, 0.6) is 5.75 Å². The standard InChI is InChI=1S/C22H24FN3O2/c1-28-21-12-16(8-9-19(21)23)14-25-10-5-11-26-18(15-25)13-20(24-26)22(27)17-6-3-2-4-7-17/h2-4,6-9,12-13,22,27H,5,10-11,14-15H2,1H3/t22-/m1/s1. The molecule has 6 heteroatoms. The lowest BCUT2D eigenvalue weighted by atomic mass is 10.1. The largest absolute Gasteiger partial charge is 0.494 e. The number of nitrogens with zero attached hydrogens (tertiary/aromatic N) is 3. The van der Waals surface area contributed by atoms with Crippen LogP contribution >= 0.6 is 0 Å². The van der Waals surface area contributed by atoms with Crippen molar-refractivity contribution in [2.75, 3.05) is 13.7 Å². The third-order valence-corrected chi connectivity index (χ3v) is 5.13. The highest BCUT2D eigenvalue weighted by atomic mass is 19.1. The van der Waals surface area contributed by atoms with Crippen LogP contribution in [-0.2, 0) is 19.6 Å². The van der Waals surface area contributed by atoms with E-state index in [1.165, 1.54) is 13.2 Å². The Balaban J connectivity index is 1.51. The maximum atomic E-state index is 13.7. The fraction of sp³-hybridized carbons (Fsp3) is 0.318. The molecule has 0 radical (unpaired) electrons. The van der Waals surface area contributed by atoms with E-state index in [9.17, 15) is 9.50 Å². The van der Waals surface area contributed by atoms with E-state index in [-0.39, 0.29) is 11.6 Å². The predicted molar refractivity (Wildman–Crippen MR) is 104 cm³/mol. The average Bonchev–Trinajstić information content (AvgIpc) is 3.02. The van der Waals surface area contributed by atoms with Gasteiger partial charge in [0.1, 0.15) is 6.10 Å². The van der Waals surface area contributed by atoms with E-state index in [0.29, 0.717) is 12.2 Å². The number of rotatable bonds is 5.